The van der Waals surface area contributed by atoms with Gasteiger partial charge in [0.1, 0.15) is 10.7 Å². The average Bonchev–Trinajstić information content (AvgIpc) is 2.39. The van der Waals surface area contributed by atoms with Gasteiger partial charge in [0.15, 0.2) is 0 Å². The molecule has 0 aromatic heterocycles. The van der Waals surface area contributed by atoms with Gasteiger partial charge in [-0.25, -0.2) is 17.5 Å². The molecule has 7 heteroatoms. The third-order valence-electron chi connectivity index (χ3n) is 3.08. The van der Waals surface area contributed by atoms with E-state index in [0.29, 0.717) is 6.42 Å². The molecule has 0 aliphatic carbocycles. The predicted molar refractivity (Wildman–Crippen MR) is 76.8 cm³/mol. The first-order valence-electron chi connectivity index (χ1n) is 6.32. The maximum atomic E-state index is 13.6. The molecule has 0 amide bonds. The number of halogens is 2. The standard InChI is InChI=1S/C13H16ClFN2O2S/c14-11-1-2-13(12(15)9-11)20(18,19)17-8-5-10-3-6-16-7-4-10/h1-3,9,16-17H,4-8H2. The molecule has 0 saturated heterocycles. The summed E-state index contributed by atoms with van der Waals surface area (Å²) in [6.45, 7) is 1.98. The molecule has 1 heterocycles. The maximum Gasteiger partial charge on any atom is 0.243 e. The lowest BCUT2D eigenvalue weighted by atomic mass is 10.1. The van der Waals surface area contributed by atoms with Gasteiger partial charge in [-0.1, -0.05) is 23.3 Å². The third-order valence-corrected chi connectivity index (χ3v) is 4.81. The molecule has 20 heavy (non-hydrogen) atoms. The molecule has 0 unspecified atom stereocenters. The fourth-order valence-corrected chi connectivity index (χ4v) is 3.26. The average molecular weight is 319 g/mol. The van der Waals surface area contributed by atoms with Crippen molar-refractivity contribution in [1.82, 2.24) is 10.0 Å². The summed E-state index contributed by atoms with van der Waals surface area (Å²) in [5.74, 6) is -0.842. The van der Waals surface area contributed by atoms with Crippen molar-refractivity contribution in [3.63, 3.8) is 0 Å². The molecule has 0 bridgehead atoms. The van der Waals surface area contributed by atoms with Crippen molar-refractivity contribution in [2.24, 2.45) is 0 Å². The molecule has 0 saturated carbocycles. The molecule has 1 aliphatic heterocycles. The SMILES string of the molecule is O=S(=O)(NCCC1=CCNCC1)c1ccc(Cl)cc1F. The number of sulfonamides is 1. The van der Waals surface area contributed by atoms with Crippen LogP contribution in [0.1, 0.15) is 12.8 Å². The second-order valence-corrected chi connectivity index (χ2v) is 6.71. The van der Waals surface area contributed by atoms with E-state index in [1.807, 2.05) is 0 Å². The fourth-order valence-electron chi connectivity index (χ4n) is 2.01. The van der Waals surface area contributed by atoms with E-state index in [2.05, 4.69) is 16.1 Å². The van der Waals surface area contributed by atoms with Crippen molar-refractivity contribution in [3.05, 3.63) is 40.7 Å². The van der Waals surface area contributed by atoms with E-state index in [1.165, 1.54) is 17.7 Å². The summed E-state index contributed by atoms with van der Waals surface area (Å²) in [6, 6.07) is 3.52. The van der Waals surface area contributed by atoms with E-state index < -0.39 is 15.8 Å². The van der Waals surface area contributed by atoms with Gasteiger partial charge < -0.3 is 5.32 Å². The molecule has 2 rings (SSSR count). The van der Waals surface area contributed by atoms with Crippen molar-refractivity contribution in [3.8, 4) is 0 Å². The van der Waals surface area contributed by atoms with Crippen LogP contribution >= 0.6 is 11.6 Å². The molecule has 1 aromatic rings. The van der Waals surface area contributed by atoms with Crippen LogP contribution in [-0.2, 0) is 10.0 Å². The van der Waals surface area contributed by atoms with Gasteiger partial charge in [0.05, 0.1) is 0 Å². The van der Waals surface area contributed by atoms with Crippen LogP contribution in [0.3, 0.4) is 0 Å². The van der Waals surface area contributed by atoms with Gasteiger partial charge in [-0.3, -0.25) is 0 Å². The second-order valence-electron chi connectivity index (χ2n) is 4.54. The molecule has 1 aliphatic rings. The minimum absolute atomic E-state index is 0.168. The van der Waals surface area contributed by atoms with Gasteiger partial charge in [-0.15, -0.1) is 0 Å². The van der Waals surface area contributed by atoms with Gasteiger partial charge in [0.2, 0.25) is 10.0 Å². The van der Waals surface area contributed by atoms with Crippen LogP contribution in [0.15, 0.2) is 34.7 Å². The Morgan fingerprint density at radius 2 is 2.20 bits per heavy atom. The summed E-state index contributed by atoms with van der Waals surface area (Å²) >= 11 is 5.60. The topological polar surface area (TPSA) is 58.2 Å². The molecule has 0 spiro atoms. The lowest BCUT2D eigenvalue weighted by molar-refractivity contribution is 0.556. The molecule has 0 fully saturated rings. The predicted octanol–water partition coefficient (Wildman–Crippen LogP) is 2.07. The van der Waals surface area contributed by atoms with E-state index in [0.717, 1.165) is 25.6 Å². The summed E-state index contributed by atoms with van der Waals surface area (Å²) in [5, 5.41) is 3.35. The number of nitrogens with one attached hydrogen (secondary N) is 2. The lowest BCUT2D eigenvalue weighted by Crippen LogP contribution is -2.27. The van der Waals surface area contributed by atoms with Crippen LogP contribution in [-0.4, -0.2) is 28.1 Å². The van der Waals surface area contributed by atoms with Crippen molar-refractivity contribution < 1.29 is 12.8 Å². The van der Waals surface area contributed by atoms with Crippen LogP contribution in [0.4, 0.5) is 4.39 Å². The number of hydrogen-bond donors (Lipinski definition) is 2. The number of hydrogen-bond acceptors (Lipinski definition) is 3. The first-order chi connectivity index (χ1) is 9.49. The zero-order valence-electron chi connectivity index (χ0n) is 10.8. The van der Waals surface area contributed by atoms with Gasteiger partial charge in [0, 0.05) is 18.1 Å². The van der Waals surface area contributed by atoms with Crippen LogP contribution in [0, 0.1) is 5.82 Å². The highest BCUT2D eigenvalue weighted by atomic mass is 35.5. The van der Waals surface area contributed by atoms with E-state index in [4.69, 9.17) is 11.6 Å². The highest BCUT2D eigenvalue weighted by molar-refractivity contribution is 7.89. The summed E-state index contributed by atoms with van der Waals surface area (Å²) < 4.78 is 40.0. The molecule has 4 nitrogen and oxygen atoms in total. The Morgan fingerprint density at radius 3 is 2.85 bits per heavy atom. The first kappa shape index (κ1) is 15.4. The zero-order chi connectivity index (χ0) is 14.6. The Hall–Kier alpha value is -0.950. The monoisotopic (exact) mass is 318 g/mol. The fraction of sp³-hybridized carbons (Fsp3) is 0.385. The Balaban J connectivity index is 1.98. The Bertz CT molecular complexity index is 617. The molecular weight excluding hydrogens is 303 g/mol. The lowest BCUT2D eigenvalue weighted by Gasteiger charge is -2.14. The smallest absolute Gasteiger partial charge is 0.243 e. The van der Waals surface area contributed by atoms with E-state index in [9.17, 15) is 12.8 Å². The summed E-state index contributed by atoms with van der Waals surface area (Å²) in [4.78, 5) is -0.374. The van der Waals surface area contributed by atoms with Gasteiger partial charge in [0.25, 0.3) is 0 Å². The first-order valence-corrected chi connectivity index (χ1v) is 8.18. The molecule has 110 valence electrons. The highest BCUT2D eigenvalue weighted by Gasteiger charge is 2.18. The quantitative estimate of drug-likeness (QED) is 0.817. The van der Waals surface area contributed by atoms with Crippen LogP contribution in [0.2, 0.25) is 5.02 Å². The minimum atomic E-state index is -3.84. The van der Waals surface area contributed by atoms with Crippen molar-refractivity contribution in [2.45, 2.75) is 17.7 Å². The number of rotatable bonds is 5. The minimum Gasteiger partial charge on any atom is -0.313 e. The molecule has 1 aromatic carbocycles. The van der Waals surface area contributed by atoms with E-state index in [-0.39, 0.29) is 16.5 Å². The Labute approximate surface area is 123 Å². The van der Waals surface area contributed by atoms with E-state index in [1.54, 1.807) is 0 Å². The third kappa shape index (κ3) is 4.02. The van der Waals surface area contributed by atoms with Crippen LogP contribution < -0.4 is 10.0 Å². The second kappa shape index (κ2) is 6.67. The highest BCUT2D eigenvalue weighted by Crippen LogP contribution is 2.19. The van der Waals surface area contributed by atoms with Crippen molar-refractivity contribution in [2.75, 3.05) is 19.6 Å². The summed E-state index contributed by atoms with van der Waals surface area (Å²) in [5.41, 5.74) is 1.21. The Morgan fingerprint density at radius 1 is 1.40 bits per heavy atom. The normalized spacial score (nSPS) is 16.0. The van der Waals surface area contributed by atoms with Gasteiger partial charge >= 0.3 is 0 Å². The Kier molecular flexibility index (Phi) is 5.15. The number of benzene rings is 1. The molecular formula is C13H16ClFN2O2S. The zero-order valence-corrected chi connectivity index (χ0v) is 12.4. The molecule has 2 N–H and O–H groups in total. The molecule has 0 atom stereocenters. The summed E-state index contributed by atoms with van der Waals surface area (Å²) in [6.07, 6.45) is 3.60. The van der Waals surface area contributed by atoms with Crippen LogP contribution in [0.5, 0.6) is 0 Å². The van der Waals surface area contributed by atoms with Crippen molar-refractivity contribution >= 4 is 21.6 Å². The van der Waals surface area contributed by atoms with Gasteiger partial charge in [-0.05, 0) is 37.6 Å². The summed E-state index contributed by atoms with van der Waals surface area (Å²) in [7, 11) is -3.84. The van der Waals surface area contributed by atoms with Crippen LogP contribution in [0.25, 0.3) is 0 Å². The largest absolute Gasteiger partial charge is 0.313 e. The maximum absolute atomic E-state index is 13.6. The van der Waals surface area contributed by atoms with Crippen molar-refractivity contribution in [1.29, 1.82) is 0 Å². The van der Waals surface area contributed by atoms with E-state index >= 15 is 0 Å². The van der Waals surface area contributed by atoms with Gasteiger partial charge in [-0.2, -0.15) is 0 Å². The molecule has 0 radical (unpaired) electrons.